The van der Waals surface area contributed by atoms with Gasteiger partial charge in [0.25, 0.3) is 0 Å². The van der Waals surface area contributed by atoms with Crippen molar-refractivity contribution < 1.29 is 9.47 Å². The van der Waals surface area contributed by atoms with E-state index in [2.05, 4.69) is 39.9 Å². The van der Waals surface area contributed by atoms with Gasteiger partial charge in [-0.25, -0.2) is 0 Å². The third-order valence-electron chi connectivity index (χ3n) is 3.34. The summed E-state index contributed by atoms with van der Waals surface area (Å²) >= 11 is 0. The van der Waals surface area contributed by atoms with Crippen LogP contribution in [0.1, 0.15) is 53.9 Å². The number of nitrogens with one attached hydrogen (secondary N) is 1. The predicted octanol–water partition coefficient (Wildman–Crippen LogP) is 2.98. The highest BCUT2D eigenvalue weighted by Gasteiger charge is 2.24. The van der Waals surface area contributed by atoms with E-state index in [9.17, 15) is 0 Å². The molecule has 0 bridgehead atoms. The molecule has 3 heteroatoms. The molecule has 0 saturated carbocycles. The van der Waals surface area contributed by atoms with E-state index in [1.807, 2.05) is 0 Å². The molecule has 1 rings (SSSR count). The molecule has 3 nitrogen and oxygen atoms in total. The lowest BCUT2D eigenvalue weighted by Gasteiger charge is -2.32. The maximum atomic E-state index is 5.91. The summed E-state index contributed by atoms with van der Waals surface area (Å²) in [5, 5.41) is 3.45. The maximum Gasteiger partial charge on any atom is 0.0625 e. The maximum absolute atomic E-state index is 5.91. The van der Waals surface area contributed by atoms with Crippen LogP contribution in [0.25, 0.3) is 0 Å². The molecular weight excluding hydrogens is 226 g/mol. The van der Waals surface area contributed by atoms with Crippen molar-refractivity contribution in [3.05, 3.63) is 0 Å². The van der Waals surface area contributed by atoms with Crippen molar-refractivity contribution in [1.29, 1.82) is 0 Å². The highest BCUT2D eigenvalue weighted by molar-refractivity contribution is 4.73. The third-order valence-corrected chi connectivity index (χ3v) is 3.34. The summed E-state index contributed by atoms with van der Waals surface area (Å²) in [6.45, 7) is 13.9. The summed E-state index contributed by atoms with van der Waals surface area (Å²) < 4.78 is 11.6. The Morgan fingerprint density at radius 2 is 1.72 bits per heavy atom. The summed E-state index contributed by atoms with van der Waals surface area (Å²) in [5.41, 5.74) is 0.416. The SMILES string of the molecule is CC1CC(OCCNCCC(C)(C)C)CC(C)O1. The molecule has 0 aliphatic carbocycles. The quantitative estimate of drug-likeness (QED) is 0.742. The van der Waals surface area contributed by atoms with Crippen molar-refractivity contribution in [3.8, 4) is 0 Å². The van der Waals surface area contributed by atoms with Crippen molar-refractivity contribution in [3.63, 3.8) is 0 Å². The smallest absolute Gasteiger partial charge is 0.0625 e. The fourth-order valence-electron chi connectivity index (χ4n) is 2.37. The first-order chi connectivity index (χ1) is 8.37. The summed E-state index contributed by atoms with van der Waals surface area (Å²) in [7, 11) is 0. The molecular formula is C15H31NO2. The standard InChI is InChI=1S/C15H31NO2/c1-12-10-14(11-13(2)18-12)17-9-8-16-7-6-15(3,4)5/h12-14,16H,6-11H2,1-5H3. The number of ether oxygens (including phenoxy) is 2. The van der Waals surface area contributed by atoms with E-state index in [-0.39, 0.29) is 0 Å². The van der Waals surface area contributed by atoms with Crippen molar-refractivity contribution >= 4 is 0 Å². The van der Waals surface area contributed by atoms with E-state index < -0.39 is 0 Å². The van der Waals surface area contributed by atoms with Gasteiger partial charge in [0.2, 0.25) is 0 Å². The minimum atomic E-state index is 0.340. The van der Waals surface area contributed by atoms with E-state index in [0.717, 1.165) is 32.5 Å². The normalized spacial score (nSPS) is 29.5. The van der Waals surface area contributed by atoms with Crippen LogP contribution in [0.4, 0.5) is 0 Å². The molecule has 1 fully saturated rings. The van der Waals surface area contributed by atoms with Crippen LogP contribution < -0.4 is 5.32 Å². The Bertz CT molecular complexity index is 215. The molecule has 1 saturated heterocycles. The molecule has 0 radical (unpaired) electrons. The second-order valence-electron chi connectivity index (χ2n) is 6.78. The van der Waals surface area contributed by atoms with Crippen LogP contribution in [0.5, 0.6) is 0 Å². The zero-order valence-corrected chi connectivity index (χ0v) is 12.8. The van der Waals surface area contributed by atoms with Crippen LogP contribution in [0, 0.1) is 5.41 Å². The summed E-state index contributed by atoms with van der Waals surface area (Å²) in [6.07, 6.45) is 4.34. The second kappa shape index (κ2) is 7.46. The van der Waals surface area contributed by atoms with Gasteiger partial charge in [-0.3, -0.25) is 0 Å². The van der Waals surface area contributed by atoms with Gasteiger partial charge in [0.1, 0.15) is 0 Å². The summed E-state index contributed by atoms with van der Waals surface area (Å²) in [6, 6.07) is 0. The lowest BCUT2D eigenvalue weighted by Crippen LogP contribution is -2.35. The number of hydrogen-bond donors (Lipinski definition) is 1. The molecule has 0 aromatic heterocycles. The van der Waals surface area contributed by atoms with Gasteiger partial charge in [0.05, 0.1) is 24.9 Å². The predicted molar refractivity (Wildman–Crippen MR) is 75.9 cm³/mol. The van der Waals surface area contributed by atoms with E-state index in [4.69, 9.17) is 9.47 Å². The Morgan fingerprint density at radius 1 is 1.11 bits per heavy atom. The van der Waals surface area contributed by atoms with Crippen molar-refractivity contribution in [2.24, 2.45) is 5.41 Å². The molecule has 0 aromatic carbocycles. The molecule has 0 amide bonds. The van der Waals surface area contributed by atoms with Gasteiger partial charge in [-0.15, -0.1) is 0 Å². The molecule has 18 heavy (non-hydrogen) atoms. The molecule has 1 aliphatic rings. The molecule has 108 valence electrons. The van der Waals surface area contributed by atoms with E-state index in [1.54, 1.807) is 0 Å². The minimum absolute atomic E-state index is 0.340. The van der Waals surface area contributed by atoms with E-state index in [0.29, 0.717) is 23.7 Å². The van der Waals surface area contributed by atoms with Crippen molar-refractivity contribution in [2.75, 3.05) is 19.7 Å². The molecule has 2 atom stereocenters. The molecule has 0 spiro atoms. The fourth-order valence-corrected chi connectivity index (χ4v) is 2.37. The third kappa shape index (κ3) is 7.34. The lowest BCUT2D eigenvalue weighted by molar-refractivity contribution is -0.101. The number of rotatable bonds is 6. The van der Waals surface area contributed by atoms with E-state index in [1.165, 1.54) is 6.42 Å². The van der Waals surface area contributed by atoms with Gasteiger partial charge in [-0.1, -0.05) is 20.8 Å². The Labute approximate surface area is 113 Å². The highest BCUT2D eigenvalue weighted by Crippen LogP contribution is 2.21. The van der Waals surface area contributed by atoms with Crippen LogP contribution in [-0.4, -0.2) is 38.0 Å². The topological polar surface area (TPSA) is 30.5 Å². The van der Waals surface area contributed by atoms with Crippen LogP contribution in [0.3, 0.4) is 0 Å². The zero-order chi connectivity index (χ0) is 13.6. The highest BCUT2D eigenvalue weighted by atomic mass is 16.5. The van der Waals surface area contributed by atoms with Crippen molar-refractivity contribution in [1.82, 2.24) is 5.32 Å². The Balaban J connectivity index is 2.01. The van der Waals surface area contributed by atoms with Gasteiger partial charge < -0.3 is 14.8 Å². The van der Waals surface area contributed by atoms with Gasteiger partial charge >= 0.3 is 0 Å². The van der Waals surface area contributed by atoms with Crippen LogP contribution in [-0.2, 0) is 9.47 Å². The number of hydrogen-bond acceptors (Lipinski definition) is 3. The minimum Gasteiger partial charge on any atom is -0.377 e. The Morgan fingerprint density at radius 3 is 2.28 bits per heavy atom. The largest absolute Gasteiger partial charge is 0.377 e. The van der Waals surface area contributed by atoms with Gasteiger partial charge in [-0.2, -0.15) is 0 Å². The monoisotopic (exact) mass is 257 g/mol. The van der Waals surface area contributed by atoms with Gasteiger partial charge in [0.15, 0.2) is 0 Å². The van der Waals surface area contributed by atoms with Crippen molar-refractivity contribution in [2.45, 2.75) is 72.2 Å². The Kier molecular flexibility index (Phi) is 6.61. The van der Waals surface area contributed by atoms with Gasteiger partial charge in [0, 0.05) is 6.54 Å². The molecule has 1 heterocycles. The van der Waals surface area contributed by atoms with Crippen LogP contribution >= 0.6 is 0 Å². The second-order valence-corrected chi connectivity index (χ2v) is 6.78. The summed E-state index contributed by atoms with van der Waals surface area (Å²) in [5.74, 6) is 0. The van der Waals surface area contributed by atoms with Crippen LogP contribution in [0.2, 0.25) is 0 Å². The molecule has 1 aliphatic heterocycles. The lowest BCUT2D eigenvalue weighted by atomic mass is 9.92. The first kappa shape index (κ1) is 15.9. The fraction of sp³-hybridized carbons (Fsp3) is 1.00. The Hall–Kier alpha value is -0.120. The first-order valence-corrected chi connectivity index (χ1v) is 7.34. The van der Waals surface area contributed by atoms with Crippen LogP contribution in [0.15, 0.2) is 0 Å². The molecule has 0 aromatic rings. The van der Waals surface area contributed by atoms with Gasteiger partial charge in [-0.05, 0) is 45.1 Å². The molecule has 2 unspecified atom stereocenters. The van der Waals surface area contributed by atoms with E-state index >= 15 is 0 Å². The average molecular weight is 257 g/mol. The first-order valence-electron chi connectivity index (χ1n) is 7.34. The average Bonchev–Trinajstić information content (AvgIpc) is 2.20. The zero-order valence-electron chi connectivity index (χ0n) is 12.8. The summed E-state index contributed by atoms with van der Waals surface area (Å²) in [4.78, 5) is 0. The molecule has 1 N–H and O–H groups in total.